The van der Waals surface area contributed by atoms with E-state index in [2.05, 4.69) is 10.3 Å². The maximum absolute atomic E-state index is 13.0. The first-order valence-electron chi connectivity index (χ1n) is 10.9. The van der Waals surface area contributed by atoms with Gasteiger partial charge in [0.05, 0.1) is 34.2 Å². The van der Waals surface area contributed by atoms with Gasteiger partial charge in [0.15, 0.2) is 6.10 Å². The Balaban J connectivity index is 1.62. The van der Waals surface area contributed by atoms with Crippen LogP contribution in [0.1, 0.15) is 34.1 Å². The summed E-state index contributed by atoms with van der Waals surface area (Å²) in [5.74, 6) is -0.792. The van der Waals surface area contributed by atoms with E-state index in [1.54, 1.807) is 55.5 Å². The largest absolute Gasteiger partial charge is 0.479 e. The highest BCUT2D eigenvalue weighted by Gasteiger charge is 2.33. The van der Waals surface area contributed by atoms with E-state index in [0.717, 1.165) is 21.1 Å². The number of carbonyl (C=O) groups excluding carboxylic acids is 3. The number of esters is 1. The first-order valence-corrected chi connectivity index (χ1v) is 11.7. The van der Waals surface area contributed by atoms with Gasteiger partial charge in [-0.1, -0.05) is 12.1 Å². The molecule has 0 radical (unpaired) electrons. The lowest BCUT2D eigenvalue weighted by molar-refractivity contribution is -0.127. The van der Waals surface area contributed by atoms with Gasteiger partial charge in [-0.05, 0) is 58.0 Å². The average molecular weight is 480 g/mol. The van der Waals surface area contributed by atoms with Crippen molar-refractivity contribution < 1.29 is 23.9 Å². The first kappa shape index (κ1) is 23.4. The molecule has 2 heterocycles. The Labute approximate surface area is 201 Å². The van der Waals surface area contributed by atoms with E-state index in [0.29, 0.717) is 17.1 Å². The van der Waals surface area contributed by atoms with E-state index < -0.39 is 18.0 Å². The number of para-hydroxylation sites is 1. The summed E-state index contributed by atoms with van der Waals surface area (Å²) in [6.07, 6.45) is -0.735. The second-order valence-corrected chi connectivity index (χ2v) is 9.23. The molecule has 8 nitrogen and oxygen atoms in total. The molecule has 0 saturated carbocycles. The number of hydrogen-bond donors (Lipinski definition) is 1. The third-order valence-electron chi connectivity index (χ3n) is 5.34. The highest BCUT2D eigenvalue weighted by Crippen LogP contribution is 2.38. The zero-order chi connectivity index (χ0) is 24.4. The van der Waals surface area contributed by atoms with Crippen LogP contribution in [0.15, 0.2) is 42.5 Å². The number of nitrogens with zero attached hydrogens (tertiary/aromatic N) is 2. The SMILES string of the molecule is CCOC(=O)c1ccccc1NC(=O)CN1C(=O)C(C)Oc2ccc(-c3nc(C)sc3C)cc21. The Morgan fingerprint density at radius 3 is 2.68 bits per heavy atom. The fourth-order valence-electron chi connectivity index (χ4n) is 3.83. The zero-order valence-electron chi connectivity index (χ0n) is 19.4. The molecule has 2 aromatic carbocycles. The average Bonchev–Trinajstić information content (AvgIpc) is 3.15. The highest BCUT2D eigenvalue weighted by atomic mass is 32.1. The number of nitrogens with one attached hydrogen (secondary N) is 1. The summed E-state index contributed by atoms with van der Waals surface area (Å²) in [6.45, 7) is 7.28. The predicted octanol–water partition coefficient (Wildman–Crippen LogP) is 4.36. The maximum Gasteiger partial charge on any atom is 0.340 e. The molecule has 0 aliphatic carbocycles. The van der Waals surface area contributed by atoms with E-state index in [1.165, 1.54) is 4.90 Å². The van der Waals surface area contributed by atoms with Crippen molar-refractivity contribution in [1.29, 1.82) is 0 Å². The number of fused-ring (bicyclic) bond motifs is 1. The van der Waals surface area contributed by atoms with Crippen molar-refractivity contribution in [2.45, 2.75) is 33.8 Å². The molecule has 2 amide bonds. The van der Waals surface area contributed by atoms with Gasteiger partial charge in [-0.15, -0.1) is 11.3 Å². The van der Waals surface area contributed by atoms with Crippen LogP contribution in [0, 0.1) is 13.8 Å². The van der Waals surface area contributed by atoms with Gasteiger partial charge in [-0.25, -0.2) is 9.78 Å². The van der Waals surface area contributed by atoms with E-state index in [4.69, 9.17) is 9.47 Å². The van der Waals surface area contributed by atoms with Crippen molar-refractivity contribution in [3.8, 4) is 17.0 Å². The van der Waals surface area contributed by atoms with Crippen molar-refractivity contribution in [1.82, 2.24) is 4.98 Å². The Hall–Kier alpha value is -3.72. The number of amides is 2. The molecule has 0 spiro atoms. The number of rotatable bonds is 6. The van der Waals surface area contributed by atoms with Crippen LogP contribution in [0.2, 0.25) is 0 Å². The molecule has 1 aliphatic rings. The van der Waals surface area contributed by atoms with Crippen LogP contribution in [0.4, 0.5) is 11.4 Å². The van der Waals surface area contributed by atoms with Crippen LogP contribution in [-0.4, -0.2) is 42.0 Å². The Kier molecular flexibility index (Phi) is 6.65. The summed E-state index contributed by atoms with van der Waals surface area (Å²) >= 11 is 1.60. The molecule has 0 bridgehead atoms. The first-order chi connectivity index (χ1) is 16.3. The van der Waals surface area contributed by atoms with Gasteiger partial charge < -0.3 is 14.8 Å². The molecular formula is C25H25N3O5S. The van der Waals surface area contributed by atoms with Gasteiger partial charge in [-0.2, -0.15) is 0 Å². The van der Waals surface area contributed by atoms with Gasteiger partial charge in [0.2, 0.25) is 5.91 Å². The highest BCUT2D eigenvalue weighted by molar-refractivity contribution is 7.11. The summed E-state index contributed by atoms with van der Waals surface area (Å²) in [4.78, 5) is 45.3. The number of ether oxygens (including phenoxy) is 2. The van der Waals surface area contributed by atoms with Crippen molar-refractivity contribution >= 4 is 40.5 Å². The minimum Gasteiger partial charge on any atom is -0.479 e. The van der Waals surface area contributed by atoms with Crippen LogP contribution >= 0.6 is 11.3 Å². The molecule has 1 atom stereocenters. The second kappa shape index (κ2) is 9.64. The summed E-state index contributed by atoms with van der Waals surface area (Å²) in [7, 11) is 0. The predicted molar refractivity (Wildman–Crippen MR) is 130 cm³/mol. The molecule has 4 rings (SSSR count). The molecule has 1 unspecified atom stereocenters. The smallest absolute Gasteiger partial charge is 0.340 e. The van der Waals surface area contributed by atoms with Gasteiger partial charge in [0.25, 0.3) is 5.91 Å². The lowest BCUT2D eigenvalue weighted by Gasteiger charge is -2.33. The molecule has 176 valence electrons. The second-order valence-electron chi connectivity index (χ2n) is 7.82. The summed E-state index contributed by atoms with van der Waals surface area (Å²) in [6, 6.07) is 12.1. The third-order valence-corrected chi connectivity index (χ3v) is 6.23. The number of anilines is 2. The number of thiazole rings is 1. The quantitative estimate of drug-likeness (QED) is 0.528. The summed E-state index contributed by atoms with van der Waals surface area (Å²) in [5.41, 5.74) is 2.74. The van der Waals surface area contributed by atoms with Crippen molar-refractivity contribution in [3.63, 3.8) is 0 Å². The summed E-state index contributed by atoms with van der Waals surface area (Å²) < 4.78 is 10.8. The summed E-state index contributed by atoms with van der Waals surface area (Å²) in [5, 5.41) is 3.68. The maximum atomic E-state index is 13.0. The molecule has 9 heteroatoms. The van der Waals surface area contributed by atoms with Crippen LogP contribution in [-0.2, 0) is 14.3 Å². The van der Waals surface area contributed by atoms with Crippen LogP contribution in [0.5, 0.6) is 5.75 Å². The molecule has 1 aliphatic heterocycles. The van der Waals surface area contributed by atoms with Crippen LogP contribution in [0.3, 0.4) is 0 Å². The standard InChI is InChI=1S/C25H25N3O5S/c1-5-32-25(31)18-8-6-7-9-19(18)27-22(29)13-28-20-12-17(23-15(3)34-16(4)26-23)10-11-21(20)33-14(2)24(28)30/h6-12,14H,5,13H2,1-4H3,(H,27,29). The number of carbonyl (C=O) groups is 3. The molecule has 1 N–H and O–H groups in total. The molecule has 0 fully saturated rings. The van der Waals surface area contributed by atoms with Gasteiger partial charge in [-0.3, -0.25) is 14.5 Å². The van der Waals surface area contributed by atoms with Crippen LogP contribution in [0.25, 0.3) is 11.3 Å². The lowest BCUT2D eigenvalue weighted by Crippen LogP contribution is -2.47. The minimum absolute atomic E-state index is 0.221. The van der Waals surface area contributed by atoms with Crippen molar-refractivity contribution in [3.05, 3.63) is 57.9 Å². The third kappa shape index (κ3) is 4.65. The molecular weight excluding hydrogens is 454 g/mol. The fraction of sp³-hybridized carbons (Fsp3) is 0.280. The number of aryl methyl sites for hydroxylation is 2. The number of benzene rings is 2. The molecule has 0 saturated heterocycles. The molecule has 1 aromatic heterocycles. The van der Waals surface area contributed by atoms with Gasteiger partial charge in [0, 0.05) is 10.4 Å². The minimum atomic E-state index is -0.735. The Bertz CT molecular complexity index is 1270. The van der Waals surface area contributed by atoms with Gasteiger partial charge in [0.1, 0.15) is 12.3 Å². The lowest BCUT2D eigenvalue weighted by atomic mass is 10.1. The van der Waals surface area contributed by atoms with E-state index >= 15 is 0 Å². The zero-order valence-corrected chi connectivity index (χ0v) is 20.2. The normalized spacial score (nSPS) is 14.9. The van der Waals surface area contributed by atoms with E-state index in [-0.39, 0.29) is 24.6 Å². The fourth-order valence-corrected chi connectivity index (χ4v) is 4.67. The molecule has 34 heavy (non-hydrogen) atoms. The number of aromatic nitrogens is 1. The molecule has 3 aromatic rings. The van der Waals surface area contributed by atoms with Crippen molar-refractivity contribution in [2.75, 3.05) is 23.4 Å². The van der Waals surface area contributed by atoms with E-state index in [1.807, 2.05) is 26.0 Å². The monoisotopic (exact) mass is 479 g/mol. The Morgan fingerprint density at radius 1 is 1.21 bits per heavy atom. The Morgan fingerprint density at radius 2 is 1.97 bits per heavy atom. The topological polar surface area (TPSA) is 97.8 Å². The van der Waals surface area contributed by atoms with Crippen molar-refractivity contribution in [2.24, 2.45) is 0 Å². The number of hydrogen-bond acceptors (Lipinski definition) is 7. The van der Waals surface area contributed by atoms with E-state index in [9.17, 15) is 14.4 Å². The van der Waals surface area contributed by atoms with Gasteiger partial charge >= 0.3 is 5.97 Å². The van der Waals surface area contributed by atoms with Crippen LogP contribution < -0.4 is 15.0 Å².